The molecule has 0 atom stereocenters. The second-order valence-corrected chi connectivity index (χ2v) is 5.15. The molecule has 0 aliphatic carbocycles. The van der Waals surface area contributed by atoms with Crippen LogP contribution >= 0.6 is 24.2 Å². The van der Waals surface area contributed by atoms with Crippen molar-refractivity contribution in [2.75, 3.05) is 6.54 Å². The Kier molecular flexibility index (Phi) is 4.59. The maximum atomic E-state index is 12.8. The Hall–Kier alpha value is -0.840. The summed E-state index contributed by atoms with van der Waals surface area (Å²) in [4.78, 5) is 1.37. The van der Waals surface area contributed by atoms with Crippen LogP contribution in [0.3, 0.4) is 0 Å². The number of thiol groups is 1. The van der Waals surface area contributed by atoms with E-state index in [2.05, 4.69) is 29.0 Å². The molecule has 4 heteroatoms. The van der Waals surface area contributed by atoms with Crippen molar-refractivity contribution in [1.29, 1.82) is 0 Å². The van der Waals surface area contributed by atoms with Gasteiger partial charge in [0, 0.05) is 11.4 Å². The van der Waals surface area contributed by atoms with Crippen molar-refractivity contribution in [3.8, 4) is 0 Å². The van der Waals surface area contributed by atoms with E-state index in [-0.39, 0.29) is 5.82 Å². The van der Waals surface area contributed by atoms with Crippen LogP contribution in [0.2, 0.25) is 0 Å². The standard InChI is InChI=1S/C13H14FNS2/c14-12-3-1-10(2-4-12)9-11-6-8-17-13(11)5-7-15-16/h1-4,6,8,15-16H,5,7,9H2. The Morgan fingerprint density at radius 3 is 2.65 bits per heavy atom. The van der Waals surface area contributed by atoms with E-state index in [4.69, 9.17) is 0 Å². The highest BCUT2D eigenvalue weighted by atomic mass is 32.1. The van der Waals surface area contributed by atoms with E-state index in [1.54, 1.807) is 11.3 Å². The lowest BCUT2D eigenvalue weighted by Crippen LogP contribution is -2.05. The van der Waals surface area contributed by atoms with Crippen molar-refractivity contribution < 1.29 is 4.39 Å². The highest BCUT2D eigenvalue weighted by Gasteiger charge is 2.05. The van der Waals surface area contributed by atoms with Gasteiger partial charge in [-0.3, -0.25) is 4.72 Å². The van der Waals surface area contributed by atoms with Gasteiger partial charge in [0.25, 0.3) is 0 Å². The van der Waals surface area contributed by atoms with Gasteiger partial charge < -0.3 is 0 Å². The lowest BCUT2D eigenvalue weighted by Gasteiger charge is -2.04. The van der Waals surface area contributed by atoms with Gasteiger partial charge in [-0.1, -0.05) is 24.9 Å². The van der Waals surface area contributed by atoms with Crippen LogP contribution in [0.4, 0.5) is 4.39 Å². The minimum atomic E-state index is -0.182. The first-order chi connectivity index (χ1) is 8.29. The van der Waals surface area contributed by atoms with Crippen molar-refractivity contribution in [2.24, 2.45) is 0 Å². The highest BCUT2D eigenvalue weighted by Crippen LogP contribution is 2.20. The summed E-state index contributed by atoms with van der Waals surface area (Å²) in [5, 5.41) is 2.10. The predicted octanol–water partition coefficient (Wildman–Crippen LogP) is 3.45. The molecule has 0 amide bonds. The Morgan fingerprint density at radius 1 is 1.18 bits per heavy atom. The first-order valence-electron chi connectivity index (χ1n) is 5.46. The molecule has 17 heavy (non-hydrogen) atoms. The first-order valence-corrected chi connectivity index (χ1v) is 6.79. The quantitative estimate of drug-likeness (QED) is 0.791. The van der Waals surface area contributed by atoms with E-state index in [0.717, 1.165) is 24.9 Å². The van der Waals surface area contributed by atoms with Crippen LogP contribution in [0.1, 0.15) is 16.0 Å². The van der Waals surface area contributed by atoms with E-state index in [0.29, 0.717) is 0 Å². The van der Waals surface area contributed by atoms with Crippen molar-refractivity contribution in [2.45, 2.75) is 12.8 Å². The van der Waals surface area contributed by atoms with Crippen LogP contribution in [0, 0.1) is 5.82 Å². The van der Waals surface area contributed by atoms with Gasteiger partial charge in [-0.05, 0) is 47.5 Å². The molecule has 0 aliphatic heterocycles. The Morgan fingerprint density at radius 2 is 1.94 bits per heavy atom. The van der Waals surface area contributed by atoms with Crippen LogP contribution in [-0.4, -0.2) is 6.54 Å². The number of thiophene rings is 1. The zero-order valence-corrected chi connectivity index (χ0v) is 11.0. The van der Waals surface area contributed by atoms with Crippen LogP contribution in [0.25, 0.3) is 0 Å². The summed E-state index contributed by atoms with van der Waals surface area (Å²) < 4.78 is 15.7. The fraction of sp³-hybridized carbons (Fsp3) is 0.231. The fourth-order valence-corrected chi connectivity index (χ4v) is 2.76. The fourth-order valence-electron chi connectivity index (χ4n) is 1.74. The lowest BCUT2D eigenvalue weighted by atomic mass is 10.0. The highest BCUT2D eigenvalue weighted by molar-refractivity contribution is 7.78. The summed E-state index contributed by atoms with van der Waals surface area (Å²) in [5.41, 5.74) is 2.47. The van der Waals surface area contributed by atoms with E-state index >= 15 is 0 Å². The molecule has 1 heterocycles. The van der Waals surface area contributed by atoms with Gasteiger partial charge in [0.15, 0.2) is 0 Å². The number of hydrogen-bond donors (Lipinski definition) is 2. The van der Waals surface area contributed by atoms with Gasteiger partial charge in [0.05, 0.1) is 0 Å². The topological polar surface area (TPSA) is 12.0 Å². The summed E-state index contributed by atoms with van der Waals surface area (Å²) in [7, 11) is 0. The van der Waals surface area contributed by atoms with Gasteiger partial charge >= 0.3 is 0 Å². The van der Waals surface area contributed by atoms with Crippen molar-refractivity contribution in [3.63, 3.8) is 0 Å². The van der Waals surface area contributed by atoms with Gasteiger partial charge in [0.2, 0.25) is 0 Å². The van der Waals surface area contributed by atoms with Crippen molar-refractivity contribution >= 4 is 24.2 Å². The van der Waals surface area contributed by atoms with Gasteiger partial charge in [-0.2, -0.15) is 0 Å². The normalized spacial score (nSPS) is 10.7. The molecular weight excluding hydrogens is 253 g/mol. The third-order valence-electron chi connectivity index (χ3n) is 2.61. The Bertz CT molecular complexity index is 465. The second-order valence-electron chi connectivity index (χ2n) is 3.83. The molecule has 0 saturated heterocycles. The minimum Gasteiger partial charge on any atom is -0.266 e. The largest absolute Gasteiger partial charge is 0.266 e. The number of rotatable bonds is 5. The Balaban J connectivity index is 2.07. The summed E-state index contributed by atoms with van der Waals surface area (Å²) in [6.07, 6.45) is 1.85. The van der Waals surface area contributed by atoms with Gasteiger partial charge in [0.1, 0.15) is 5.82 Å². The molecule has 2 aromatic rings. The molecule has 0 radical (unpaired) electrons. The van der Waals surface area contributed by atoms with Crippen molar-refractivity contribution in [3.05, 3.63) is 57.5 Å². The SMILES string of the molecule is Fc1ccc(Cc2ccsc2CCNS)cc1. The summed E-state index contributed by atoms with van der Waals surface area (Å²) >= 11 is 5.75. The molecule has 0 spiro atoms. The molecule has 1 N–H and O–H groups in total. The smallest absolute Gasteiger partial charge is 0.123 e. The maximum Gasteiger partial charge on any atom is 0.123 e. The zero-order chi connectivity index (χ0) is 12.1. The van der Waals surface area contributed by atoms with Crippen LogP contribution in [0.5, 0.6) is 0 Å². The maximum absolute atomic E-state index is 12.8. The molecule has 0 fully saturated rings. The molecule has 1 nitrogen and oxygen atoms in total. The molecule has 0 aliphatic rings. The average Bonchev–Trinajstić information content (AvgIpc) is 2.77. The molecule has 1 aromatic heterocycles. The molecule has 1 aromatic carbocycles. The van der Waals surface area contributed by atoms with Crippen molar-refractivity contribution in [1.82, 2.24) is 4.72 Å². The summed E-state index contributed by atoms with van der Waals surface area (Å²) in [6, 6.07) is 8.84. The number of benzene rings is 1. The molecule has 90 valence electrons. The van der Waals surface area contributed by atoms with E-state index < -0.39 is 0 Å². The van der Waals surface area contributed by atoms with E-state index in [1.807, 2.05) is 12.1 Å². The Labute approximate surface area is 110 Å². The summed E-state index contributed by atoms with van der Waals surface area (Å²) in [6.45, 7) is 0.861. The molecular formula is C13H14FNS2. The summed E-state index contributed by atoms with van der Waals surface area (Å²) in [5.74, 6) is -0.182. The number of nitrogens with one attached hydrogen (secondary N) is 1. The minimum absolute atomic E-state index is 0.182. The van der Waals surface area contributed by atoms with Gasteiger partial charge in [-0.15, -0.1) is 11.3 Å². The van der Waals surface area contributed by atoms with Gasteiger partial charge in [-0.25, -0.2) is 4.39 Å². The molecule has 0 unspecified atom stereocenters. The first kappa shape index (κ1) is 12.6. The zero-order valence-electron chi connectivity index (χ0n) is 9.32. The third-order valence-corrected chi connectivity index (χ3v) is 3.86. The van der Waals surface area contributed by atoms with Crippen LogP contribution in [-0.2, 0) is 12.8 Å². The average molecular weight is 267 g/mol. The second kappa shape index (κ2) is 6.19. The number of hydrogen-bond acceptors (Lipinski definition) is 3. The molecule has 0 saturated carbocycles. The van der Waals surface area contributed by atoms with Crippen LogP contribution < -0.4 is 4.72 Å². The number of halogens is 1. The van der Waals surface area contributed by atoms with Crippen LogP contribution in [0.15, 0.2) is 35.7 Å². The van der Waals surface area contributed by atoms with E-state index in [9.17, 15) is 4.39 Å². The molecule has 0 bridgehead atoms. The van der Waals surface area contributed by atoms with E-state index in [1.165, 1.54) is 22.6 Å². The molecule has 2 rings (SSSR count). The predicted molar refractivity (Wildman–Crippen MR) is 74.2 cm³/mol. The lowest BCUT2D eigenvalue weighted by molar-refractivity contribution is 0.627. The monoisotopic (exact) mass is 267 g/mol. The third kappa shape index (κ3) is 3.56.